The van der Waals surface area contributed by atoms with Crippen molar-refractivity contribution in [2.24, 2.45) is 0 Å². The lowest BCUT2D eigenvalue weighted by molar-refractivity contribution is -0.910. The zero-order valence-electron chi connectivity index (χ0n) is 17.0. The summed E-state index contributed by atoms with van der Waals surface area (Å²) in [7, 11) is 0. The summed E-state index contributed by atoms with van der Waals surface area (Å²) in [6.45, 7) is 2.74. The minimum atomic E-state index is -0.0114. The molecule has 2 atom stereocenters. The number of carbonyl (C=O) groups is 1. The molecule has 3 aliphatic rings. The maximum atomic E-state index is 12.8. The molecule has 0 saturated carbocycles. The van der Waals surface area contributed by atoms with Crippen LogP contribution in [0.2, 0.25) is 0 Å². The number of amides is 1. The van der Waals surface area contributed by atoms with E-state index in [0.717, 1.165) is 67.1 Å². The molecule has 2 aliphatic heterocycles. The number of aryl methyl sites for hydroxylation is 1. The number of quaternary nitrogens is 1. The SMILES string of the molecule is N#Cc1c(NC(=O)C[NH+]2CCC[C@@H]2c2ccc3c(c2)OCCCO3)sc2c1CCC2. The van der Waals surface area contributed by atoms with Gasteiger partial charge in [-0.05, 0) is 43.0 Å². The van der Waals surface area contributed by atoms with Crippen LogP contribution in [-0.4, -0.2) is 32.2 Å². The quantitative estimate of drug-likeness (QED) is 0.791. The van der Waals surface area contributed by atoms with Crippen molar-refractivity contribution in [3.05, 3.63) is 39.8 Å². The summed E-state index contributed by atoms with van der Waals surface area (Å²) < 4.78 is 11.6. The molecule has 1 unspecified atom stereocenters. The van der Waals surface area contributed by atoms with E-state index in [-0.39, 0.29) is 11.9 Å². The molecule has 1 fully saturated rings. The highest BCUT2D eigenvalue weighted by molar-refractivity contribution is 7.16. The first-order valence-corrected chi connectivity index (χ1v) is 11.6. The van der Waals surface area contributed by atoms with Crippen molar-refractivity contribution in [3.8, 4) is 17.6 Å². The normalized spacial score (nSPS) is 22.2. The molecule has 0 spiro atoms. The van der Waals surface area contributed by atoms with Crippen molar-refractivity contribution in [1.82, 2.24) is 0 Å². The first-order valence-electron chi connectivity index (χ1n) is 10.8. The molecule has 5 rings (SSSR count). The maximum Gasteiger partial charge on any atom is 0.280 e. The van der Waals surface area contributed by atoms with Crippen molar-refractivity contribution in [1.29, 1.82) is 5.26 Å². The van der Waals surface area contributed by atoms with E-state index in [1.165, 1.54) is 15.3 Å². The van der Waals surface area contributed by atoms with Crippen LogP contribution >= 0.6 is 11.3 Å². The van der Waals surface area contributed by atoms with Crippen LogP contribution in [0.3, 0.4) is 0 Å². The lowest BCUT2D eigenvalue weighted by atomic mass is 10.0. The first kappa shape index (κ1) is 19.4. The van der Waals surface area contributed by atoms with Gasteiger partial charge < -0.3 is 19.7 Å². The Kier molecular flexibility index (Phi) is 5.36. The Hall–Kier alpha value is -2.56. The highest BCUT2D eigenvalue weighted by Gasteiger charge is 2.33. The van der Waals surface area contributed by atoms with Gasteiger partial charge in [0.2, 0.25) is 0 Å². The standard InChI is InChI=1S/C23H25N3O3S/c24-13-17-16-4-1-6-21(16)30-23(17)25-22(27)14-26-9-2-5-18(26)15-7-8-19-20(12-15)29-11-3-10-28-19/h7-8,12,18H,1-6,9-11,14H2,(H,25,27)/p+1/t18-/m1/s1. The molecule has 1 aliphatic carbocycles. The van der Waals surface area contributed by atoms with Crippen LogP contribution in [0.1, 0.15) is 53.3 Å². The van der Waals surface area contributed by atoms with Crippen LogP contribution in [0.25, 0.3) is 0 Å². The van der Waals surface area contributed by atoms with E-state index in [9.17, 15) is 10.1 Å². The minimum absolute atomic E-state index is 0.0114. The van der Waals surface area contributed by atoms with Gasteiger partial charge in [0.15, 0.2) is 18.0 Å². The number of rotatable bonds is 4. The number of ether oxygens (including phenoxy) is 2. The molecule has 1 aromatic carbocycles. The van der Waals surface area contributed by atoms with Gasteiger partial charge in [-0.1, -0.05) is 0 Å². The highest BCUT2D eigenvalue weighted by Crippen LogP contribution is 2.38. The van der Waals surface area contributed by atoms with Gasteiger partial charge in [0.05, 0.1) is 25.3 Å². The largest absolute Gasteiger partial charge is 0.490 e. The zero-order valence-corrected chi connectivity index (χ0v) is 17.8. The number of nitriles is 1. The maximum absolute atomic E-state index is 12.8. The number of benzene rings is 1. The summed E-state index contributed by atoms with van der Waals surface area (Å²) in [6, 6.07) is 8.78. The number of anilines is 1. The second-order valence-electron chi connectivity index (χ2n) is 8.26. The molecule has 30 heavy (non-hydrogen) atoms. The molecule has 2 N–H and O–H groups in total. The molecule has 0 bridgehead atoms. The molecular weight excluding hydrogens is 398 g/mol. The summed E-state index contributed by atoms with van der Waals surface area (Å²) in [6.07, 6.45) is 6.13. The predicted molar refractivity (Wildman–Crippen MR) is 114 cm³/mol. The smallest absolute Gasteiger partial charge is 0.280 e. The number of hydrogen-bond acceptors (Lipinski definition) is 5. The second kappa shape index (κ2) is 8.29. The molecule has 156 valence electrons. The van der Waals surface area contributed by atoms with E-state index in [2.05, 4.69) is 23.5 Å². The lowest BCUT2D eigenvalue weighted by Crippen LogP contribution is -3.11. The van der Waals surface area contributed by atoms with Crippen molar-refractivity contribution >= 4 is 22.2 Å². The predicted octanol–water partition coefficient (Wildman–Crippen LogP) is 2.63. The average Bonchev–Trinajstić information content (AvgIpc) is 3.40. The van der Waals surface area contributed by atoms with Gasteiger partial charge >= 0.3 is 0 Å². The lowest BCUT2D eigenvalue weighted by Gasteiger charge is -2.22. The van der Waals surface area contributed by atoms with Gasteiger partial charge in [0.1, 0.15) is 17.1 Å². The van der Waals surface area contributed by atoms with Gasteiger partial charge in [-0.15, -0.1) is 11.3 Å². The number of nitrogens with one attached hydrogen (secondary N) is 2. The van der Waals surface area contributed by atoms with Crippen LogP contribution in [-0.2, 0) is 17.6 Å². The Morgan fingerprint density at radius 2 is 2.07 bits per heavy atom. The molecule has 3 heterocycles. The summed E-state index contributed by atoms with van der Waals surface area (Å²) >= 11 is 1.58. The summed E-state index contributed by atoms with van der Waals surface area (Å²) in [4.78, 5) is 15.4. The topological polar surface area (TPSA) is 75.8 Å². The van der Waals surface area contributed by atoms with Crippen molar-refractivity contribution < 1.29 is 19.2 Å². The fourth-order valence-corrected chi connectivity index (χ4v) is 6.17. The molecule has 7 heteroatoms. The third-order valence-electron chi connectivity index (χ3n) is 6.33. The monoisotopic (exact) mass is 424 g/mol. The molecule has 1 saturated heterocycles. The Morgan fingerprint density at radius 3 is 2.93 bits per heavy atom. The van der Waals surface area contributed by atoms with Gasteiger partial charge in [-0.2, -0.15) is 5.26 Å². The second-order valence-corrected chi connectivity index (χ2v) is 9.36. The fourth-order valence-electron chi connectivity index (χ4n) is 4.91. The van der Waals surface area contributed by atoms with E-state index in [0.29, 0.717) is 25.3 Å². The van der Waals surface area contributed by atoms with Crippen LogP contribution < -0.4 is 19.7 Å². The Labute approximate surface area is 180 Å². The molecule has 6 nitrogen and oxygen atoms in total. The number of thiophene rings is 1. The first-order chi connectivity index (χ1) is 14.7. The minimum Gasteiger partial charge on any atom is -0.490 e. The van der Waals surface area contributed by atoms with E-state index in [1.54, 1.807) is 11.3 Å². The number of carbonyl (C=O) groups excluding carboxylic acids is 1. The van der Waals surface area contributed by atoms with Gasteiger partial charge in [0.25, 0.3) is 5.91 Å². The van der Waals surface area contributed by atoms with Crippen molar-refractivity contribution in [2.45, 2.75) is 44.6 Å². The van der Waals surface area contributed by atoms with Crippen LogP contribution in [0.5, 0.6) is 11.5 Å². The van der Waals surface area contributed by atoms with Crippen molar-refractivity contribution in [3.63, 3.8) is 0 Å². The molecule has 0 radical (unpaired) electrons. The average molecular weight is 425 g/mol. The van der Waals surface area contributed by atoms with Gasteiger partial charge in [0, 0.05) is 29.7 Å². The third kappa shape index (κ3) is 3.66. The highest BCUT2D eigenvalue weighted by atomic mass is 32.1. The number of hydrogen-bond donors (Lipinski definition) is 2. The Balaban J connectivity index is 1.29. The van der Waals surface area contributed by atoms with E-state index in [1.807, 2.05) is 6.07 Å². The molecule has 1 amide bonds. The number of fused-ring (bicyclic) bond motifs is 2. The number of nitrogens with zero attached hydrogens (tertiary/aromatic N) is 1. The fraction of sp³-hybridized carbons (Fsp3) is 0.478. The van der Waals surface area contributed by atoms with E-state index >= 15 is 0 Å². The Morgan fingerprint density at radius 1 is 1.20 bits per heavy atom. The molecule has 2 aromatic rings. The van der Waals surface area contributed by atoms with Crippen LogP contribution in [0.4, 0.5) is 5.00 Å². The van der Waals surface area contributed by atoms with E-state index in [4.69, 9.17) is 9.47 Å². The summed E-state index contributed by atoms with van der Waals surface area (Å²) in [5.74, 6) is 1.61. The van der Waals surface area contributed by atoms with Gasteiger partial charge in [-0.3, -0.25) is 4.79 Å². The summed E-state index contributed by atoms with van der Waals surface area (Å²) in [5.41, 5.74) is 3.03. The molecule has 1 aromatic heterocycles. The third-order valence-corrected chi connectivity index (χ3v) is 7.54. The van der Waals surface area contributed by atoms with Crippen LogP contribution in [0, 0.1) is 11.3 Å². The van der Waals surface area contributed by atoms with Crippen molar-refractivity contribution in [2.75, 3.05) is 31.6 Å². The van der Waals surface area contributed by atoms with Gasteiger partial charge in [-0.25, -0.2) is 0 Å². The Bertz CT molecular complexity index is 1010. The molecular formula is C23H26N3O3S+. The number of likely N-dealkylation sites (tertiary alicyclic amines) is 1. The van der Waals surface area contributed by atoms with Crippen LogP contribution in [0.15, 0.2) is 18.2 Å². The van der Waals surface area contributed by atoms with E-state index < -0.39 is 0 Å². The summed E-state index contributed by atoms with van der Waals surface area (Å²) in [5, 5.41) is 13.3. The zero-order chi connectivity index (χ0) is 20.5.